The number of aromatic nitrogens is 3. The van der Waals surface area contributed by atoms with Crippen LogP contribution in [0, 0.1) is 0 Å². The highest BCUT2D eigenvalue weighted by atomic mass is 32.2. The van der Waals surface area contributed by atoms with Gasteiger partial charge in [-0.2, -0.15) is 26.3 Å². The number of nitrogens with one attached hydrogen (secondary N) is 1. The quantitative estimate of drug-likeness (QED) is 0.324. The first-order valence-electron chi connectivity index (χ1n) is 10.4. The van der Waals surface area contributed by atoms with Crippen molar-refractivity contribution >= 4 is 10.0 Å². The highest BCUT2D eigenvalue weighted by Gasteiger charge is 2.34. The first kappa shape index (κ1) is 26.2. The molecule has 0 bridgehead atoms. The molecule has 2 aromatic carbocycles. The number of alkyl halides is 6. The summed E-state index contributed by atoms with van der Waals surface area (Å²) in [6.45, 7) is 0. The second-order valence-corrected chi connectivity index (χ2v) is 9.59. The van der Waals surface area contributed by atoms with E-state index in [1.165, 1.54) is 43.6 Å². The Labute approximate surface area is 207 Å². The van der Waals surface area contributed by atoms with Crippen LogP contribution >= 0.6 is 0 Å². The Kier molecular flexibility index (Phi) is 6.78. The molecule has 0 aliphatic rings. The summed E-state index contributed by atoms with van der Waals surface area (Å²) in [5.41, 5.74) is -1.70. The summed E-state index contributed by atoms with van der Waals surface area (Å²) in [6.07, 6.45) is -8.17. The number of sulfonamides is 1. The summed E-state index contributed by atoms with van der Waals surface area (Å²) in [5.74, 6) is -0.340. The van der Waals surface area contributed by atoms with Crippen molar-refractivity contribution in [2.75, 3.05) is 7.05 Å². The molecule has 13 heteroatoms. The normalized spacial score (nSPS) is 12.5. The van der Waals surface area contributed by atoms with Crippen LogP contribution < -0.4 is 4.72 Å². The molecule has 1 N–H and O–H groups in total. The van der Waals surface area contributed by atoms with Crippen molar-refractivity contribution in [3.8, 4) is 33.9 Å². The molecule has 192 valence electrons. The Morgan fingerprint density at radius 2 is 1.43 bits per heavy atom. The van der Waals surface area contributed by atoms with Crippen molar-refractivity contribution in [1.29, 1.82) is 0 Å². The van der Waals surface area contributed by atoms with E-state index in [2.05, 4.69) is 19.7 Å². The van der Waals surface area contributed by atoms with Crippen molar-refractivity contribution in [1.82, 2.24) is 19.7 Å². The molecule has 37 heavy (non-hydrogen) atoms. The molecule has 4 aromatic rings. The molecule has 0 saturated heterocycles. The van der Waals surface area contributed by atoms with Crippen LogP contribution in [0.5, 0.6) is 0 Å². The minimum Gasteiger partial charge on any atom is -0.256 e. The van der Waals surface area contributed by atoms with Crippen LogP contribution in [0.1, 0.15) is 11.3 Å². The van der Waals surface area contributed by atoms with E-state index < -0.39 is 33.6 Å². The number of rotatable bonds is 5. The molecule has 0 atom stereocenters. The van der Waals surface area contributed by atoms with E-state index in [0.717, 1.165) is 24.3 Å². The van der Waals surface area contributed by atoms with Gasteiger partial charge in [0, 0.05) is 22.9 Å². The lowest BCUT2D eigenvalue weighted by Crippen LogP contribution is -2.18. The molecule has 2 heterocycles. The first-order chi connectivity index (χ1) is 17.3. The molecule has 0 saturated carbocycles. The van der Waals surface area contributed by atoms with E-state index in [4.69, 9.17) is 0 Å². The minimum absolute atomic E-state index is 0.0291. The summed E-state index contributed by atoms with van der Waals surface area (Å²) < 4.78 is 106. The van der Waals surface area contributed by atoms with Crippen LogP contribution in [0.25, 0.3) is 33.9 Å². The van der Waals surface area contributed by atoms with Crippen LogP contribution in [-0.4, -0.2) is 30.4 Å². The van der Waals surface area contributed by atoms with Crippen molar-refractivity contribution in [3.63, 3.8) is 0 Å². The van der Waals surface area contributed by atoms with E-state index in [1.807, 2.05) is 0 Å². The summed E-state index contributed by atoms with van der Waals surface area (Å²) in [6, 6.07) is 12.7. The molecule has 0 aliphatic carbocycles. The summed E-state index contributed by atoms with van der Waals surface area (Å²) in [4.78, 5) is 11.9. The van der Waals surface area contributed by atoms with Crippen molar-refractivity contribution in [2.45, 2.75) is 17.2 Å². The van der Waals surface area contributed by atoms with Gasteiger partial charge in [-0.1, -0.05) is 24.3 Å². The summed E-state index contributed by atoms with van der Waals surface area (Å²) in [5, 5.41) is 0. The molecule has 0 radical (unpaired) electrons. The van der Waals surface area contributed by atoms with E-state index in [9.17, 15) is 34.8 Å². The SMILES string of the molecule is CNS(=O)(=O)c1cccc(-c2cc(-c3nc(-c4ccc(C(F)(F)F)cc4)cc(C(F)(F)F)n3)ccn2)c1. The Morgan fingerprint density at radius 1 is 0.730 bits per heavy atom. The zero-order chi connectivity index (χ0) is 27.0. The van der Waals surface area contributed by atoms with Crippen LogP contribution in [0.4, 0.5) is 26.3 Å². The van der Waals surface area contributed by atoms with E-state index in [1.54, 1.807) is 6.07 Å². The molecule has 0 aliphatic heterocycles. The van der Waals surface area contributed by atoms with Gasteiger partial charge in [0.15, 0.2) is 5.82 Å². The van der Waals surface area contributed by atoms with E-state index in [0.29, 0.717) is 11.6 Å². The lowest BCUT2D eigenvalue weighted by molar-refractivity contribution is -0.141. The highest BCUT2D eigenvalue weighted by molar-refractivity contribution is 7.89. The van der Waals surface area contributed by atoms with Gasteiger partial charge in [-0.25, -0.2) is 23.1 Å². The topological polar surface area (TPSA) is 84.8 Å². The molecule has 0 fully saturated rings. The Bertz CT molecular complexity index is 1550. The predicted octanol–water partition coefficient (Wildman–Crippen LogP) is 5.82. The Balaban J connectivity index is 1.81. The van der Waals surface area contributed by atoms with Gasteiger partial charge in [0.25, 0.3) is 0 Å². The molecule has 0 spiro atoms. The molecule has 0 amide bonds. The van der Waals surface area contributed by atoms with Crippen LogP contribution in [-0.2, 0) is 22.4 Å². The zero-order valence-electron chi connectivity index (χ0n) is 18.8. The lowest BCUT2D eigenvalue weighted by atomic mass is 10.1. The third-order valence-electron chi connectivity index (χ3n) is 5.25. The smallest absolute Gasteiger partial charge is 0.256 e. The molecular weight excluding hydrogens is 522 g/mol. The molecule has 6 nitrogen and oxygen atoms in total. The van der Waals surface area contributed by atoms with Gasteiger partial charge in [0.05, 0.1) is 21.8 Å². The van der Waals surface area contributed by atoms with Gasteiger partial charge in [-0.05, 0) is 49.5 Å². The lowest BCUT2D eigenvalue weighted by Gasteiger charge is -2.12. The Morgan fingerprint density at radius 3 is 2.05 bits per heavy atom. The fourth-order valence-corrected chi connectivity index (χ4v) is 4.14. The third-order valence-corrected chi connectivity index (χ3v) is 6.66. The highest BCUT2D eigenvalue weighted by Crippen LogP contribution is 2.34. The van der Waals surface area contributed by atoms with Gasteiger partial charge < -0.3 is 0 Å². The second kappa shape index (κ2) is 9.56. The number of hydrogen-bond acceptors (Lipinski definition) is 5. The maximum absolute atomic E-state index is 13.6. The second-order valence-electron chi connectivity index (χ2n) is 7.70. The van der Waals surface area contributed by atoms with Crippen molar-refractivity contribution < 1.29 is 34.8 Å². The molecule has 4 rings (SSSR count). The average Bonchev–Trinajstić information content (AvgIpc) is 2.87. The van der Waals surface area contributed by atoms with E-state index in [-0.39, 0.29) is 33.2 Å². The molecular formula is C24H16F6N4O2S. The molecule has 2 aromatic heterocycles. The van der Waals surface area contributed by atoms with Crippen molar-refractivity contribution in [3.05, 3.63) is 84.2 Å². The fraction of sp³-hybridized carbons (Fsp3) is 0.125. The monoisotopic (exact) mass is 538 g/mol. The summed E-state index contributed by atoms with van der Waals surface area (Å²) in [7, 11) is -2.51. The number of halogens is 6. The first-order valence-corrected chi connectivity index (χ1v) is 11.9. The number of hydrogen-bond donors (Lipinski definition) is 1. The predicted molar refractivity (Wildman–Crippen MR) is 122 cm³/mol. The van der Waals surface area contributed by atoms with Crippen LogP contribution in [0.3, 0.4) is 0 Å². The zero-order valence-corrected chi connectivity index (χ0v) is 19.6. The maximum atomic E-state index is 13.6. The largest absolute Gasteiger partial charge is 0.433 e. The van der Waals surface area contributed by atoms with Crippen LogP contribution in [0.15, 0.2) is 77.8 Å². The van der Waals surface area contributed by atoms with Gasteiger partial charge in [-0.3, -0.25) is 4.98 Å². The fourth-order valence-electron chi connectivity index (χ4n) is 3.37. The summed E-state index contributed by atoms with van der Waals surface area (Å²) >= 11 is 0. The molecule has 0 unspecified atom stereocenters. The van der Waals surface area contributed by atoms with Gasteiger partial charge in [-0.15, -0.1) is 0 Å². The van der Waals surface area contributed by atoms with Gasteiger partial charge in [0.1, 0.15) is 5.69 Å². The van der Waals surface area contributed by atoms with E-state index >= 15 is 0 Å². The number of pyridine rings is 1. The number of benzene rings is 2. The van der Waals surface area contributed by atoms with Crippen molar-refractivity contribution in [2.24, 2.45) is 0 Å². The number of nitrogens with zero attached hydrogens (tertiary/aromatic N) is 3. The standard InChI is InChI=1S/C24H16F6N4O2S/c1-31-37(35,36)18-4-2-3-15(11-18)19-12-16(9-10-32-19)22-33-20(13-21(34-22)24(28,29)30)14-5-7-17(8-6-14)23(25,26)27/h2-13,31H,1H3. The minimum atomic E-state index is -4.86. The average molecular weight is 538 g/mol. The third kappa shape index (κ3) is 5.78. The Hall–Kier alpha value is -3.84. The van der Waals surface area contributed by atoms with Crippen LogP contribution in [0.2, 0.25) is 0 Å². The van der Waals surface area contributed by atoms with Gasteiger partial charge >= 0.3 is 12.4 Å². The maximum Gasteiger partial charge on any atom is 0.433 e. The van der Waals surface area contributed by atoms with Gasteiger partial charge in [0.2, 0.25) is 10.0 Å².